The number of hydrogen-bond acceptors (Lipinski definition) is 3. The van der Waals surface area contributed by atoms with Crippen LogP contribution in [-0.2, 0) is 11.3 Å². The number of hydrogen-bond donors (Lipinski definition) is 2. The summed E-state index contributed by atoms with van der Waals surface area (Å²) in [5.74, 6) is -0.395. The first-order chi connectivity index (χ1) is 7.49. The first kappa shape index (κ1) is 13.7. The molecule has 0 radical (unpaired) electrons. The number of aliphatic carboxylic acids is 1. The zero-order valence-corrected chi connectivity index (χ0v) is 11.8. The summed E-state index contributed by atoms with van der Waals surface area (Å²) in [5, 5.41) is 14.1. The van der Waals surface area contributed by atoms with Gasteiger partial charge in [-0.05, 0) is 34.3 Å². The van der Waals surface area contributed by atoms with Crippen LogP contribution in [0.15, 0.2) is 15.9 Å². The summed E-state index contributed by atoms with van der Waals surface area (Å²) in [6, 6.07) is 1.55. The molecule has 1 heterocycles. The molecule has 0 saturated carbocycles. The lowest BCUT2D eigenvalue weighted by Gasteiger charge is -2.15. The molecule has 2 N–H and O–H groups in total. The molecular weight excluding hydrogens is 290 g/mol. The zero-order valence-electron chi connectivity index (χ0n) is 9.37. The van der Waals surface area contributed by atoms with Crippen molar-refractivity contribution in [3.8, 4) is 0 Å². The highest BCUT2D eigenvalue weighted by Crippen LogP contribution is 2.19. The standard InChI is InChI=1S/C11H16BrNO2S/c1-7(2)3-10(11(14)15)13-5-9-4-8(12)6-16-9/h4,6-7,10,13H,3,5H2,1-2H3,(H,14,15). The first-order valence-corrected chi connectivity index (χ1v) is 6.85. The maximum atomic E-state index is 11.0. The Labute approximate surface area is 108 Å². The number of carbonyl (C=O) groups is 1. The van der Waals surface area contributed by atoms with Gasteiger partial charge in [0.2, 0.25) is 0 Å². The Balaban J connectivity index is 2.46. The van der Waals surface area contributed by atoms with Crippen molar-refractivity contribution in [1.29, 1.82) is 0 Å². The average Bonchev–Trinajstić information content (AvgIpc) is 2.58. The molecule has 0 saturated heterocycles. The molecule has 1 atom stereocenters. The predicted octanol–water partition coefficient (Wildman–Crippen LogP) is 3.10. The second-order valence-corrected chi connectivity index (χ2v) is 6.04. The third-order valence-corrected chi connectivity index (χ3v) is 3.85. The van der Waals surface area contributed by atoms with Gasteiger partial charge in [0.25, 0.3) is 0 Å². The molecule has 0 aromatic carbocycles. The number of halogens is 1. The van der Waals surface area contributed by atoms with Gasteiger partial charge >= 0.3 is 5.97 Å². The van der Waals surface area contributed by atoms with Crippen molar-refractivity contribution < 1.29 is 9.90 Å². The van der Waals surface area contributed by atoms with Gasteiger partial charge < -0.3 is 5.11 Å². The molecule has 16 heavy (non-hydrogen) atoms. The maximum absolute atomic E-state index is 11.0. The van der Waals surface area contributed by atoms with Crippen molar-refractivity contribution >= 4 is 33.2 Å². The van der Waals surface area contributed by atoms with Gasteiger partial charge in [0.15, 0.2) is 0 Å². The zero-order chi connectivity index (χ0) is 12.1. The van der Waals surface area contributed by atoms with Crippen LogP contribution in [0.25, 0.3) is 0 Å². The van der Waals surface area contributed by atoms with Crippen LogP contribution in [0.4, 0.5) is 0 Å². The van der Waals surface area contributed by atoms with Gasteiger partial charge in [-0.3, -0.25) is 10.1 Å². The average molecular weight is 306 g/mol. The highest BCUT2D eigenvalue weighted by atomic mass is 79.9. The number of rotatable bonds is 6. The lowest BCUT2D eigenvalue weighted by atomic mass is 10.0. The summed E-state index contributed by atoms with van der Waals surface area (Å²) in [6.45, 7) is 4.67. The minimum Gasteiger partial charge on any atom is -0.480 e. The molecule has 1 unspecified atom stereocenters. The minimum atomic E-state index is -0.774. The van der Waals surface area contributed by atoms with Crippen molar-refractivity contribution in [1.82, 2.24) is 5.32 Å². The highest BCUT2D eigenvalue weighted by molar-refractivity contribution is 9.10. The Bertz CT molecular complexity index is 352. The van der Waals surface area contributed by atoms with Crippen LogP contribution in [0.2, 0.25) is 0 Å². The van der Waals surface area contributed by atoms with E-state index in [4.69, 9.17) is 5.11 Å². The van der Waals surface area contributed by atoms with Gasteiger partial charge in [0.1, 0.15) is 6.04 Å². The number of nitrogens with one attached hydrogen (secondary N) is 1. The SMILES string of the molecule is CC(C)CC(NCc1cc(Br)cs1)C(=O)O. The molecule has 0 aliphatic heterocycles. The molecule has 1 aromatic heterocycles. The summed E-state index contributed by atoms with van der Waals surface area (Å²) in [7, 11) is 0. The van der Waals surface area contributed by atoms with E-state index >= 15 is 0 Å². The number of thiophene rings is 1. The van der Waals surface area contributed by atoms with Crippen LogP contribution in [0, 0.1) is 5.92 Å². The lowest BCUT2D eigenvalue weighted by Crippen LogP contribution is -2.37. The van der Waals surface area contributed by atoms with Crippen LogP contribution in [-0.4, -0.2) is 17.1 Å². The molecule has 0 aliphatic rings. The smallest absolute Gasteiger partial charge is 0.320 e. The van der Waals surface area contributed by atoms with Crippen molar-refractivity contribution in [2.75, 3.05) is 0 Å². The van der Waals surface area contributed by atoms with Crippen molar-refractivity contribution in [2.45, 2.75) is 32.9 Å². The molecule has 5 heteroatoms. The van der Waals surface area contributed by atoms with Gasteiger partial charge in [-0.1, -0.05) is 13.8 Å². The van der Waals surface area contributed by atoms with Gasteiger partial charge in [-0.2, -0.15) is 0 Å². The van der Waals surface area contributed by atoms with E-state index in [0.717, 1.165) is 9.35 Å². The van der Waals surface area contributed by atoms with E-state index in [-0.39, 0.29) is 0 Å². The van der Waals surface area contributed by atoms with E-state index in [1.165, 1.54) is 0 Å². The monoisotopic (exact) mass is 305 g/mol. The molecule has 1 aromatic rings. The van der Waals surface area contributed by atoms with Crippen LogP contribution in [0.5, 0.6) is 0 Å². The molecule has 0 bridgehead atoms. The Morgan fingerprint density at radius 1 is 1.62 bits per heavy atom. The van der Waals surface area contributed by atoms with E-state index < -0.39 is 12.0 Å². The fourth-order valence-corrected chi connectivity index (χ4v) is 2.82. The van der Waals surface area contributed by atoms with E-state index in [1.54, 1.807) is 11.3 Å². The second-order valence-electron chi connectivity index (χ2n) is 4.13. The Morgan fingerprint density at radius 3 is 2.75 bits per heavy atom. The lowest BCUT2D eigenvalue weighted by molar-refractivity contribution is -0.139. The van der Waals surface area contributed by atoms with Crippen molar-refractivity contribution in [2.24, 2.45) is 5.92 Å². The molecule has 1 rings (SSSR count). The molecule has 0 fully saturated rings. The van der Waals surface area contributed by atoms with Crippen LogP contribution in [0.3, 0.4) is 0 Å². The third-order valence-electron chi connectivity index (χ3n) is 2.15. The summed E-state index contributed by atoms with van der Waals surface area (Å²) in [4.78, 5) is 12.1. The normalized spacial score (nSPS) is 13.0. The van der Waals surface area contributed by atoms with E-state index in [0.29, 0.717) is 18.9 Å². The molecule has 0 spiro atoms. The third kappa shape index (κ3) is 4.63. The molecule has 3 nitrogen and oxygen atoms in total. The number of carboxylic acids is 1. The van der Waals surface area contributed by atoms with Gasteiger partial charge in [-0.15, -0.1) is 11.3 Å². The maximum Gasteiger partial charge on any atom is 0.320 e. The summed E-state index contributed by atoms with van der Waals surface area (Å²) in [5.41, 5.74) is 0. The Hall–Kier alpha value is -0.390. The summed E-state index contributed by atoms with van der Waals surface area (Å²) < 4.78 is 1.05. The van der Waals surface area contributed by atoms with E-state index in [2.05, 4.69) is 21.2 Å². The van der Waals surface area contributed by atoms with Crippen molar-refractivity contribution in [3.63, 3.8) is 0 Å². The fourth-order valence-electron chi connectivity index (χ4n) is 1.41. The fraction of sp³-hybridized carbons (Fsp3) is 0.545. The van der Waals surface area contributed by atoms with E-state index in [9.17, 15) is 4.79 Å². The minimum absolute atomic E-state index is 0.378. The summed E-state index contributed by atoms with van der Waals surface area (Å²) >= 11 is 4.99. The molecule has 0 amide bonds. The molecular formula is C11H16BrNO2S. The van der Waals surface area contributed by atoms with Gasteiger partial charge in [0.05, 0.1) is 0 Å². The molecule has 90 valence electrons. The van der Waals surface area contributed by atoms with Gasteiger partial charge in [-0.25, -0.2) is 0 Å². The van der Waals surface area contributed by atoms with Gasteiger partial charge in [0, 0.05) is 21.3 Å². The topological polar surface area (TPSA) is 49.3 Å². The predicted molar refractivity (Wildman–Crippen MR) is 69.7 cm³/mol. The molecule has 0 aliphatic carbocycles. The van der Waals surface area contributed by atoms with Crippen LogP contribution < -0.4 is 5.32 Å². The largest absolute Gasteiger partial charge is 0.480 e. The van der Waals surface area contributed by atoms with Crippen LogP contribution >= 0.6 is 27.3 Å². The highest BCUT2D eigenvalue weighted by Gasteiger charge is 2.18. The van der Waals surface area contributed by atoms with Crippen molar-refractivity contribution in [3.05, 3.63) is 20.8 Å². The second kappa shape index (κ2) is 6.37. The Morgan fingerprint density at radius 2 is 2.31 bits per heavy atom. The number of carboxylic acid groups (broad SMARTS) is 1. The quantitative estimate of drug-likeness (QED) is 0.849. The van der Waals surface area contributed by atoms with Crippen LogP contribution in [0.1, 0.15) is 25.1 Å². The van der Waals surface area contributed by atoms with E-state index in [1.807, 2.05) is 25.3 Å². The Kier molecular flexibility index (Phi) is 5.44. The summed E-state index contributed by atoms with van der Waals surface area (Å²) in [6.07, 6.45) is 0.655. The first-order valence-electron chi connectivity index (χ1n) is 5.18.